The number of rotatable bonds is 5. The lowest BCUT2D eigenvalue weighted by Crippen LogP contribution is -2.24. The number of ether oxygens (including phenoxy) is 2. The Hall–Kier alpha value is -1.82. The van der Waals surface area contributed by atoms with Crippen molar-refractivity contribution in [3.05, 3.63) is 28.3 Å². The Morgan fingerprint density at radius 1 is 1.58 bits per heavy atom. The van der Waals surface area contributed by atoms with Gasteiger partial charge in [0.15, 0.2) is 0 Å². The molecule has 1 N–H and O–H groups in total. The van der Waals surface area contributed by atoms with Crippen LogP contribution in [0, 0.1) is 16.0 Å². The minimum absolute atomic E-state index is 0.0672. The van der Waals surface area contributed by atoms with E-state index in [0.717, 1.165) is 19.4 Å². The van der Waals surface area contributed by atoms with Crippen molar-refractivity contribution in [1.82, 2.24) is 0 Å². The zero-order valence-electron chi connectivity index (χ0n) is 10.9. The van der Waals surface area contributed by atoms with Crippen LogP contribution in [0.4, 0.5) is 11.4 Å². The highest BCUT2D eigenvalue weighted by Gasteiger charge is 2.18. The summed E-state index contributed by atoms with van der Waals surface area (Å²) in [5, 5.41) is 14.1. The van der Waals surface area contributed by atoms with Crippen molar-refractivity contribution in [2.75, 3.05) is 32.2 Å². The molecule has 1 saturated heterocycles. The first kappa shape index (κ1) is 13.6. The van der Waals surface area contributed by atoms with Crippen molar-refractivity contribution in [1.29, 1.82) is 0 Å². The molecule has 1 heterocycles. The van der Waals surface area contributed by atoms with Gasteiger partial charge >= 0.3 is 0 Å². The maximum atomic E-state index is 11.0. The highest BCUT2D eigenvalue weighted by Crippen LogP contribution is 2.29. The lowest BCUT2D eigenvalue weighted by atomic mass is 10.0. The predicted molar refractivity (Wildman–Crippen MR) is 71.7 cm³/mol. The number of nitro groups is 1. The van der Waals surface area contributed by atoms with Crippen LogP contribution >= 0.6 is 0 Å². The molecule has 6 nitrogen and oxygen atoms in total. The maximum Gasteiger partial charge on any atom is 0.292 e. The van der Waals surface area contributed by atoms with Gasteiger partial charge in [0.1, 0.15) is 11.4 Å². The van der Waals surface area contributed by atoms with Crippen molar-refractivity contribution in [2.24, 2.45) is 5.92 Å². The third-order valence-electron chi connectivity index (χ3n) is 3.24. The summed E-state index contributed by atoms with van der Waals surface area (Å²) in [5.41, 5.74) is 0.562. The second kappa shape index (κ2) is 6.38. The Morgan fingerprint density at radius 2 is 2.42 bits per heavy atom. The van der Waals surface area contributed by atoms with Crippen molar-refractivity contribution in [3.8, 4) is 5.75 Å². The number of nitrogens with zero attached hydrogens (tertiary/aromatic N) is 1. The monoisotopic (exact) mass is 266 g/mol. The van der Waals surface area contributed by atoms with Gasteiger partial charge in [0, 0.05) is 25.3 Å². The van der Waals surface area contributed by atoms with Crippen LogP contribution in [0.2, 0.25) is 0 Å². The minimum Gasteiger partial charge on any atom is -0.497 e. The molecule has 0 amide bonds. The van der Waals surface area contributed by atoms with Gasteiger partial charge in [-0.2, -0.15) is 0 Å². The molecule has 2 rings (SSSR count). The predicted octanol–water partition coefficient (Wildman–Crippen LogP) is 2.44. The number of hydrogen-bond donors (Lipinski definition) is 1. The molecular formula is C13H18N2O4. The largest absolute Gasteiger partial charge is 0.497 e. The number of nitro benzene ring substituents is 1. The van der Waals surface area contributed by atoms with Crippen LogP contribution in [-0.2, 0) is 4.74 Å². The molecular weight excluding hydrogens is 248 g/mol. The first-order chi connectivity index (χ1) is 9.20. The molecule has 0 aliphatic carbocycles. The fourth-order valence-corrected chi connectivity index (χ4v) is 2.17. The molecule has 0 radical (unpaired) electrons. The molecule has 1 aliphatic heterocycles. The van der Waals surface area contributed by atoms with Crippen molar-refractivity contribution < 1.29 is 14.4 Å². The van der Waals surface area contributed by atoms with Gasteiger partial charge in [-0.25, -0.2) is 0 Å². The molecule has 1 atom stereocenters. The van der Waals surface area contributed by atoms with Gasteiger partial charge in [-0.3, -0.25) is 10.1 Å². The van der Waals surface area contributed by atoms with Gasteiger partial charge in [-0.05, 0) is 24.8 Å². The van der Waals surface area contributed by atoms with E-state index in [9.17, 15) is 10.1 Å². The molecule has 1 aromatic rings. The molecule has 0 bridgehead atoms. The second-order valence-corrected chi connectivity index (χ2v) is 4.60. The van der Waals surface area contributed by atoms with E-state index >= 15 is 0 Å². The molecule has 1 aliphatic rings. The van der Waals surface area contributed by atoms with E-state index in [1.807, 2.05) is 0 Å². The minimum atomic E-state index is -0.390. The SMILES string of the molecule is COc1ccc([N+](=O)[O-])c(NCC2CCCOC2)c1. The van der Waals surface area contributed by atoms with Crippen LogP contribution in [0.5, 0.6) is 5.75 Å². The summed E-state index contributed by atoms with van der Waals surface area (Å²) < 4.78 is 10.5. The highest BCUT2D eigenvalue weighted by molar-refractivity contribution is 5.64. The van der Waals surface area contributed by atoms with Crippen LogP contribution < -0.4 is 10.1 Å². The Balaban J connectivity index is 2.06. The van der Waals surface area contributed by atoms with Gasteiger partial charge < -0.3 is 14.8 Å². The van der Waals surface area contributed by atoms with E-state index in [2.05, 4.69) is 5.32 Å². The number of benzene rings is 1. The van der Waals surface area contributed by atoms with Crippen molar-refractivity contribution in [2.45, 2.75) is 12.8 Å². The fourth-order valence-electron chi connectivity index (χ4n) is 2.17. The molecule has 104 valence electrons. The zero-order valence-corrected chi connectivity index (χ0v) is 10.9. The summed E-state index contributed by atoms with van der Waals surface area (Å²) in [6.07, 6.45) is 2.14. The second-order valence-electron chi connectivity index (χ2n) is 4.60. The number of hydrogen-bond acceptors (Lipinski definition) is 5. The van der Waals surface area contributed by atoms with Crippen molar-refractivity contribution in [3.63, 3.8) is 0 Å². The molecule has 0 aromatic heterocycles. The number of methoxy groups -OCH3 is 1. The molecule has 0 spiro atoms. The Labute approximate surface area is 111 Å². The van der Waals surface area contributed by atoms with E-state index < -0.39 is 0 Å². The van der Waals surface area contributed by atoms with Crippen LogP contribution in [0.15, 0.2) is 18.2 Å². The summed E-state index contributed by atoms with van der Waals surface area (Å²) in [6, 6.07) is 4.70. The Bertz CT molecular complexity index is 444. The van der Waals surface area contributed by atoms with Crippen LogP contribution in [-0.4, -0.2) is 31.8 Å². The van der Waals surface area contributed by atoms with Gasteiger partial charge in [0.05, 0.1) is 18.6 Å². The normalized spacial score (nSPS) is 18.9. The first-order valence-electron chi connectivity index (χ1n) is 6.34. The van der Waals surface area contributed by atoms with Crippen LogP contribution in [0.1, 0.15) is 12.8 Å². The fraction of sp³-hybridized carbons (Fsp3) is 0.538. The van der Waals surface area contributed by atoms with Crippen molar-refractivity contribution >= 4 is 11.4 Å². The van der Waals surface area contributed by atoms with E-state index in [-0.39, 0.29) is 10.6 Å². The first-order valence-corrected chi connectivity index (χ1v) is 6.34. The van der Waals surface area contributed by atoms with E-state index in [1.165, 1.54) is 6.07 Å². The Kier molecular flexibility index (Phi) is 4.57. The van der Waals surface area contributed by atoms with Gasteiger partial charge in [-0.15, -0.1) is 0 Å². The standard InChI is InChI=1S/C13H18N2O4/c1-18-11-4-5-13(15(16)17)12(7-11)14-8-10-3-2-6-19-9-10/h4-5,7,10,14H,2-3,6,8-9H2,1H3. The third kappa shape index (κ3) is 3.57. The number of nitrogens with one attached hydrogen (secondary N) is 1. The maximum absolute atomic E-state index is 11.0. The molecule has 0 saturated carbocycles. The summed E-state index contributed by atoms with van der Waals surface area (Å²) in [4.78, 5) is 10.6. The lowest BCUT2D eigenvalue weighted by Gasteiger charge is -2.22. The summed E-state index contributed by atoms with van der Waals surface area (Å²) in [6.45, 7) is 2.20. The quantitative estimate of drug-likeness (QED) is 0.654. The molecule has 1 fully saturated rings. The molecule has 19 heavy (non-hydrogen) atoms. The van der Waals surface area contributed by atoms with Crippen LogP contribution in [0.25, 0.3) is 0 Å². The average Bonchev–Trinajstić information content (AvgIpc) is 2.45. The summed E-state index contributed by atoms with van der Waals surface area (Å²) in [7, 11) is 1.54. The topological polar surface area (TPSA) is 73.6 Å². The van der Waals surface area contributed by atoms with Gasteiger partial charge in [0.25, 0.3) is 5.69 Å². The molecule has 1 unspecified atom stereocenters. The smallest absolute Gasteiger partial charge is 0.292 e. The summed E-state index contributed by atoms with van der Waals surface area (Å²) >= 11 is 0. The summed E-state index contributed by atoms with van der Waals surface area (Å²) in [5.74, 6) is 1.01. The average molecular weight is 266 g/mol. The molecule has 1 aromatic carbocycles. The van der Waals surface area contributed by atoms with E-state index in [4.69, 9.17) is 9.47 Å². The highest BCUT2D eigenvalue weighted by atomic mass is 16.6. The van der Waals surface area contributed by atoms with E-state index in [0.29, 0.717) is 30.5 Å². The third-order valence-corrected chi connectivity index (χ3v) is 3.24. The van der Waals surface area contributed by atoms with Crippen LogP contribution in [0.3, 0.4) is 0 Å². The number of anilines is 1. The van der Waals surface area contributed by atoms with E-state index in [1.54, 1.807) is 19.2 Å². The van der Waals surface area contributed by atoms with Gasteiger partial charge in [-0.1, -0.05) is 0 Å². The van der Waals surface area contributed by atoms with Gasteiger partial charge in [0.2, 0.25) is 0 Å². The zero-order chi connectivity index (χ0) is 13.7. The Morgan fingerprint density at radius 3 is 3.05 bits per heavy atom. The lowest BCUT2D eigenvalue weighted by molar-refractivity contribution is -0.384. The molecule has 6 heteroatoms.